The number of methoxy groups -OCH3 is 1. The fourth-order valence-electron chi connectivity index (χ4n) is 3.38. The topological polar surface area (TPSA) is 25.4 Å². The van der Waals surface area contributed by atoms with Crippen LogP contribution in [0.15, 0.2) is 47.1 Å². The quantitative estimate of drug-likeness (QED) is 0.735. The zero-order valence-electron chi connectivity index (χ0n) is 14.2. The van der Waals surface area contributed by atoms with Gasteiger partial charge in [-0.2, -0.15) is 0 Å². The molecule has 1 fully saturated rings. The molecule has 24 heavy (non-hydrogen) atoms. The number of hydrogen-bond donors (Lipinski definition) is 0. The van der Waals surface area contributed by atoms with Crippen LogP contribution in [0.25, 0.3) is 0 Å². The van der Waals surface area contributed by atoms with Crippen molar-refractivity contribution >= 4 is 15.9 Å². The van der Waals surface area contributed by atoms with Gasteiger partial charge >= 0.3 is 0 Å². The van der Waals surface area contributed by atoms with Crippen LogP contribution in [0.1, 0.15) is 24.1 Å². The minimum absolute atomic E-state index is 0.763. The predicted molar refractivity (Wildman–Crippen MR) is 102 cm³/mol. The van der Waals surface area contributed by atoms with E-state index in [4.69, 9.17) is 4.74 Å². The van der Waals surface area contributed by atoms with Gasteiger partial charge in [0.05, 0.1) is 7.11 Å². The average Bonchev–Trinajstić information content (AvgIpc) is 2.64. The molecule has 1 aromatic heterocycles. The number of ether oxygens (including phenoxy) is 1. The van der Waals surface area contributed by atoms with Crippen molar-refractivity contribution in [3.8, 4) is 5.75 Å². The molecule has 1 aromatic carbocycles. The Morgan fingerprint density at radius 2 is 2.04 bits per heavy atom. The standard InChI is InChI=1S/C20H25BrN2O/c1-24-19-5-6-20(21)17(15-19)14-16-7-11-23(12-8-16)13-9-18-4-2-3-10-22-18/h2-6,10,15-16H,7-9,11-14H2,1H3. The third kappa shape index (κ3) is 4.81. The number of likely N-dealkylation sites (tertiary alicyclic amines) is 1. The summed E-state index contributed by atoms with van der Waals surface area (Å²) in [4.78, 5) is 6.99. The Morgan fingerprint density at radius 1 is 1.21 bits per heavy atom. The largest absolute Gasteiger partial charge is 0.497 e. The lowest BCUT2D eigenvalue weighted by Crippen LogP contribution is -2.35. The van der Waals surface area contributed by atoms with Crippen molar-refractivity contribution in [1.82, 2.24) is 9.88 Å². The van der Waals surface area contributed by atoms with Crippen LogP contribution in [0, 0.1) is 5.92 Å². The van der Waals surface area contributed by atoms with Gasteiger partial charge in [0.2, 0.25) is 0 Å². The van der Waals surface area contributed by atoms with Crippen LogP contribution in [-0.2, 0) is 12.8 Å². The molecule has 3 rings (SSSR count). The summed E-state index contributed by atoms with van der Waals surface area (Å²) in [6.07, 6.45) is 6.60. The van der Waals surface area contributed by atoms with Gasteiger partial charge in [0.15, 0.2) is 0 Å². The minimum atomic E-state index is 0.763. The van der Waals surface area contributed by atoms with Crippen LogP contribution in [0.2, 0.25) is 0 Å². The fourth-order valence-corrected chi connectivity index (χ4v) is 3.79. The molecule has 1 aliphatic rings. The smallest absolute Gasteiger partial charge is 0.119 e. The molecule has 2 heterocycles. The third-order valence-corrected chi connectivity index (χ3v) is 5.65. The maximum absolute atomic E-state index is 5.36. The molecule has 1 aliphatic heterocycles. The van der Waals surface area contributed by atoms with E-state index in [0.717, 1.165) is 31.1 Å². The lowest BCUT2D eigenvalue weighted by atomic mass is 9.90. The van der Waals surface area contributed by atoms with Gasteiger partial charge in [-0.3, -0.25) is 4.98 Å². The Morgan fingerprint density at radius 3 is 2.75 bits per heavy atom. The summed E-state index contributed by atoms with van der Waals surface area (Å²) in [5.74, 6) is 1.71. The predicted octanol–water partition coefficient (Wildman–Crippen LogP) is 4.35. The number of rotatable bonds is 6. The summed E-state index contributed by atoms with van der Waals surface area (Å²) in [6, 6.07) is 12.4. The van der Waals surface area contributed by atoms with E-state index < -0.39 is 0 Å². The second-order valence-electron chi connectivity index (χ2n) is 6.52. The Labute approximate surface area is 153 Å². The monoisotopic (exact) mass is 388 g/mol. The summed E-state index contributed by atoms with van der Waals surface area (Å²) in [5, 5.41) is 0. The number of halogens is 1. The lowest BCUT2D eigenvalue weighted by molar-refractivity contribution is 0.185. The van der Waals surface area contributed by atoms with E-state index in [1.165, 1.54) is 41.7 Å². The number of benzene rings is 1. The van der Waals surface area contributed by atoms with Crippen molar-refractivity contribution in [3.63, 3.8) is 0 Å². The summed E-state index contributed by atoms with van der Waals surface area (Å²) in [5.41, 5.74) is 2.56. The van der Waals surface area contributed by atoms with Crippen molar-refractivity contribution in [1.29, 1.82) is 0 Å². The van der Waals surface area contributed by atoms with Crippen LogP contribution in [0.5, 0.6) is 5.75 Å². The summed E-state index contributed by atoms with van der Waals surface area (Å²) >= 11 is 3.68. The third-order valence-electron chi connectivity index (χ3n) is 4.88. The van der Waals surface area contributed by atoms with Crippen molar-refractivity contribution in [2.75, 3.05) is 26.7 Å². The molecule has 4 heteroatoms. The SMILES string of the molecule is COc1ccc(Br)c(CC2CCN(CCc3ccccn3)CC2)c1. The summed E-state index contributed by atoms with van der Waals surface area (Å²) in [6.45, 7) is 3.50. The zero-order chi connectivity index (χ0) is 16.8. The van der Waals surface area contributed by atoms with Crippen LogP contribution >= 0.6 is 15.9 Å². The fraction of sp³-hybridized carbons (Fsp3) is 0.450. The van der Waals surface area contributed by atoms with E-state index in [0.29, 0.717) is 0 Å². The number of aromatic nitrogens is 1. The molecule has 3 nitrogen and oxygen atoms in total. The molecular weight excluding hydrogens is 364 g/mol. The maximum atomic E-state index is 5.36. The first-order chi connectivity index (χ1) is 11.7. The first kappa shape index (κ1) is 17.4. The molecular formula is C20H25BrN2O. The van der Waals surface area contributed by atoms with Crippen LogP contribution in [0.4, 0.5) is 0 Å². The van der Waals surface area contributed by atoms with E-state index >= 15 is 0 Å². The molecule has 0 radical (unpaired) electrons. The molecule has 128 valence electrons. The number of pyridine rings is 1. The van der Waals surface area contributed by atoms with E-state index in [1.807, 2.05) is 18.3 Å². The molecule has 0 bridgehead atoms. The molecule has 0 spiro atoms. The Balaban J connectivity index is 1.47. The Bertz CT molecular complexity index is 639. The Hall–Kier alpha value is -1.39. The van der Waals surface area contributed by atoms with Crippen LogP contribution < -0.4 is 4.74 Å². The van der Waals surface area contributed by atoms with Crippen molar-refractivity contribution in [3.05, 3.63) is 58.3 Å². The molecule has 0 unspecified atom stereocenters. The highest BCUT2D eigenvalue weighted by atomic mass is 79.9. The molecule has 1 saturated heterocycles. The van der Waals surface area contributed by atoms with Gasteiger partial charge in [0.1, 0.15) is 5.75 Å². The first-order valence-corrected chi connectivity index (χ1v) is 9.48. The van der Waals surface area contributed by atoms with E-state index in [1.54, 1.807) is 7.11 Å². The summed E-state index contributed by atoms with van der Waals surface area (Å²) < 4.78 is 6.55. The van der Waals surface area contributed by atoms with Gasteiger partial charge in [-0.05, 0) is 74.2 Å². The molecule has 0 atom stereocenters. The molecule has 0 amide bonds. The van der Waals surface area contributed by atoms with Crippen LogP contribution in [0.3, 0.4) is 0 Å². The van der Waals surface area contributed by atoms with Gasteiger partial charge in [-0.1, -0.05) is 22.0 Å². The van der Waals surface area contributed by atoms with E-state index in [-0.39, 0.29) is 0 Å². The van der Waals surface area contributed by atoms with Gasteiger partial charge in [0.25, 0.3) is 0 Å². The number of piperidine rings is 1. The molecule has 0 aliphatic carbocycles. The maximum Gasteiger partial charge on any atom is 0.119 e. The van der Waals surface area contributed by atoms with Gasteiger partial charge in [-0.25, -0.2) is 0 Å². The second-order valence-corrected chi connectivity index (χ2v) is 7.37. The summed E-state index contributed by atoms with van der Waals surface area (Å²) in [7, 11) is 1.73. The Kier molecular flexibility index (Phi) is 6.27. The van der Waals surface area contributed by atoms with Gasteiger partial charge < -0.3 is 9.64 Å². The normalized spacial score (nSPS) is 16.2. The second kappa shape index (κ2) is 8.63. The highest BCUT2D eigenvalue weighted by Crippen LogP contribution is 2.28. The lowest BCUT2D eigenvalue weighted by Gasteiger charge is -2.32. The van der Waals surface area contributed by atoms with Crippen molar-refractivity contribution in [2.45, 2.75) is 25.7 Å². The van der Waals surface area contributed by atoms with E-state index in [2.05, 4.69) is 50.1 Å². The van der Waals surface area contributed by atoms with Crippen molar-refractivity contribution < 1.29 is 4.74 Å². The number of hydrogen-bond acceptors (Lipinski definition) is 3. The average molecular weight is 389 g/mol. The molecule has 0 saturated carbocycles. The van der Waals surface area contributed by atoms with Crippen LogP contribution in [-0.4, -0.2) is 36.6 Å². The molecule has 2 aromatic rings. The zero-order valence-corrected chi connectivity index (χ0v) is 15.8. The highest BCUT2D eigenvalue weighted by Gasteiger charge is 2.20. The minimum Gasteiger partial charge on any atom is -0.497 e. The first-order valence-electron chi connectivity index (χ1n) is 8.69. The number of nitrogens with zero attached hydrogens (tertiary/aromatic N) is 2. The molecule has 0 N–H and O–H groups in total. The van der Waals surface area contributed by atoms with E-state index in [9.17, 15) is 0 Å². The highest BCUT2D eigenvalue weighted by molar-refractivity contribution is 9.10. The van der Waals surface area contributed by atoms with Gasteiger partial charge in [-0.15, -0.1) is 0 Å². The van der Waals surface area contributed by atoms with Gasteiger partial charge in [0, 0.05) is 29.3 Å². The van der Waals surface area contributed by atoms with Crippen molar-refractivity contribution in [2.24, 2.45) is 5.92 Å².